The van der Waals surface area contributed by atoms with Crippen molar-refractivity contribution in [1.82, 2.24) is 0 Å². The van der Waals surface area contributed by atoms with E-state index in [1.165, 1.54) is 7.11 Å². The molecule has 150 valence electrons. The molecule has 0 bridgehead atoms. The number of anilines is 1. The van der Waals surface area contributed by atoms with Crippen LogP contribution < -0.4 is 5.32 Å². The number of carbonyl (C=O) groups excluding carboxylic acids is 1. The lowest BCUT2D eigenvalue weighted by atomic mass is 9.98. The highest BCUT2D eigenvalue weighted by molar-refractivity contribution is 5.91. The molecule has 1 saturated heterocycles. The van der Waals surface area contributed by atoms with E-state index in [1.54, 1.807) is 30.3 Å². The average molecular weight is 389 g/mol. The molecule has 1 fully saturated rings. The third kappa shape index (κ3) is 4.16. The molecule has 0 spiro atoms. The minimum absolute atomic E-state index is 0.414. The highest BCUT2D eigenvalue weighted by atomic mass is 16.6. The molecule has 0 unspecified atom stereocenters. The number of nitrogens with one attached hydrogen (secondary N) is 1. The van der Waals surface area contributed by atoms with Gasteiger partial charge in [0.1, 0.15) is 24.4 Å². The Hall–Kier alpha value is -2.49. The van der Waals surface area contributed by atoms with Crippen LogP contribution in [-0.4, -0.2) is 70.8 Å². The zero-order chi connectivity index (χ0) is 20.3. The number of hydrogen-bond donors (Lipinski definition) is 5. The molecule has 0 radical (unpaired) electrons. The van der Waals surface area contributed by atoms with Gasteiger partial charge in [-0.2, -0.15) is 0 Å². The van der Waals surface area contributed by atoms with Crippen molar-refractivity contribution in [2.24, 2.45) is 0 Å². The molecule has 0 aliphatic carbocycles. The van der Waals surface area contributed by atoms with Crippen LogP contribution in [0.2, 0.25) is 0 Å². The summed E-state index contributed by atoms with van der Waals surface area (Å²) in [5.74, 6) is -0.414. The number of ether oxygens (including phenoxy) is 2. The third-order valence-electron chi connectivity index (χ3n) is 4.70. The summed E-state index contributed by atoms with van der Waals surface area (Å²) in [5, 5.41) is 42.0. The number of esters is 1. The molecule has 3 rings (SSSR count). The predicted octanol–water partition coefficient (Wildman–Crippen LogP) is 0.352. The Balaban J connectivity index is 1.74. The third-order valence-corrected chi connectivity index (χ3v) is 4.70. The van der Waals surface area contributed by atoms with Gasteiger partial charge in [-0.25, -0.2) is 4.79 Å². The molecular weight excluding hydrogens is 366 g/mol. The summed E-state index contributed by atoms with van der Waals surface area (Å²) in [6, 6.07) is 14.2. The van der Waals surface area contributed by atoms with E-state index in [0.29, 0.717) is 11.3 Å². The molecule has 0 saturated carbocycles. The quantitative estimate of drug-likeness (QED) is 0.464. The normalized spacial score (nSPS) is 27.2. The van der Waals surface area contributed by atoms with Gasteiger partial charge in [0.25, 0.3) is 0 Å². The largest absolute Gasteiger partial charge is 0.465 e. The van der Waals surface area contributed by atoms with Gasteiger partial charge < -0.3 is 35.2 Å². The summed E-state index contributed by atoms with van der Waals surface area (Å²) in [6.45, 7) is -0.488. The van der Waals surface area contributed by atoms with Crippen molar-refractivity contribution < 1.29 is 34.7 Å². The van der Waals surface area contributed by atoms with Crippen molar-refractivity contribution in [3.05, 3.63) is 54.1 Å². The van der Waals surface area contributed by atoms with E-state index < -0.39 is 43.2 Å². The number of carbonyl (C=O) groups is 1. The lowest BCUT2D eigenvalue weighted by molar-refractivity contribution is -0.221. The molecule has 0 amide bonds. The van der Waals surface area contributed by atoms with Gasteiger partial charge in [0.2, 0.25) is 0 Å². The Morgan fingerprint density at radius 3 is 2.39 bits per heavy atom. The molecule has 28 heavy (non-hydrogen) atoms. The summed E-state index contributed by atoms with van der Waals surface area (Å²) >= 11 is 0. The molecule has 5 atom stereocenters. The van der Waals surface area contributed by atoms with Crippen molar-refractivity contribution in [3.8, 4) is 11.1 Å². The lowest BCUT2D eigenvalue weighted by Gasteiger charge is -2.40. The Labute approximate surface area is 162 Å². The van der Waals surface area contributed by atoms with Crippen LogP contribution in [0.25, 0.3) is 11.1 Å². The van der Waals surface area contributed by atoms with Crippen molar-refractivity contribution in [2.75, 3.05) is 19.0 Å². The van der Waals surface area contributed by atoms with Crippen LogP contribution in [0, 0.1) is 0 Å². The van der Waals surface area contributed by atoms with Crippen LogP contribution in [0.5, 0.6) is 0 Å². The number of hydrogen-bond acceptors (Lipinski definition) is 8. The highest BCUT2D eigenvalue weighted by Gasteiger charge is 2.43. The maximum Gasteiger partial charge on any atom is 0.337 e. The van der Waals surface area contributed by atoms with E-state index in [-0.39, 0.29) is 0 Å². The summed E-state index contributed by atoms with van der Waals surface area (Å²) in [7, 11) is 1.33. The number of methoxy groups -OCH3 is 1. The monoisotopic (exact) mass is 389 g/mol. The van der Waals surface area contributed by atoms with E-state index in [4.69, 9.17) is 9.47 Å². The second-order valence-corrected chi connectivity index (χ2v) is 6.54. The summed E-state index contributed by atoms with van der Waals surface area (Å²) in [5.41, 5.74) is 2.76. The summed E-state index contributed by atoms with van der Waals surface area (Å²) in [4.78, 5) is 11.7. The van der Waals surface area contributed by atoms with Crippen LogP contribution in [0.4, 0.5) is 5.69 Å². The minimum Gasteiger partial charge on any atom is -0.465 e. The Kier molecular flexibility index (Phi) is 6.28. The predicted molar refractivity (Wildman–Crippen MR) is 101 cm³/mol. The van der Waals surface area contributed by atoms with E-state index in [0.717, 1.165) is 11.1 Å². The van der Waals surface area contributed by atoms with Crippen LogP contribution in [-0.2, 0) is 9.47 Å². The molecule has 8 nitrogen and oxygen atoms in total. The molecule has 1 aliphatic heterocycles. The van der Waals surface area contributed by atoms with Gasteiger partial charge in [0.15, 0.2) is 6.23 Å². The fraction of sp³-hybridized carbons (Fsp3) is 0.350. The molecule has 1 heterocycles. The highest BCUT2D eigenvalue weighted by Crippen LogP contribution is 2.26. The van der Waals surface area contributed by atoms with E-state index in [2.05, 4.69) is 5.32 Å². The average Bonchev–Trinajstić information content (AvgIpc) is 2.74. The van der Waals surface area contributed by atoms with Crippen LogP contribution in [0.1, 0.15) is 10.4 Å². The van der Waals surface area contributed by atoms with Crippen molar-refractivity contribution in [3.63, 3.8) is 0 Å². The maximum atomic E-state index is 11.7. The Morgan fingerprint density at radius 1 is 1.04 bits per heavy atom. The van der Waals surface area contributed by atoms with Crippen LogP contribution in [0.15, 0.2) is 48.5 Å². The van der Waals surface area contributed by atoms with Gasteiger partial charge in [-0.1, -0.05) is 24.3 Å². The molecule has 8 heteroatoms. The maximum absolute atomic E-state index is 11.7. The van der Waals surface area contributed by atoms with E-state index >= 15 is 0 Å². The van der Waals surface area contributed by atoms with Gasteiger partial charge in [0, 0.05) is 5.69 Å². The van der Waals surface area contributed by atoms with Gasteiger partial charge in [0.05, 0.1) is 19.3 Å². The van der Waals surface area contributed by atoms with Crippen LogP contribution >= 0.6 is 0 Å². The van der Waals surface area contributed by atoms with Crippen LogP contribution in [0.3, 0.4) is 0 Å². The van der Waals surface area contributed by atoms with Gasteiger partial charge in [-0.3, -0.25) is 0 Å². The summed E-state index contributed by atoms with van der Waals surface area (Å²) < 4.78 is 10.2. The molecule has 2 aromatic rings. The number of aliphatic hydroxyl groups is 4. The first kappa shape index (κ1) is 20.2. The van der Waals surface area contributed by atoms with E-state index in [1.807, 2.05) is 18.2 Å². The molecular formula is C20H23NO7. The van der Waals surface area contributed by atoms with E-state index in [9.17, 15) is 25.2 Å². The first-order valence-electron chi connectivity index (χ1n) is 8.80. The minimum atomic E-state index is -1.44. The molecule has 2 aromatic carbocycles. The fourth-order valence-electron chi connectivity index (χ4n) is 3.09. The second kappa shape index (κ2) is 8.68. The second-order valence-electron chi connectivity index (χ2n) is 6.54. The number of rotatable bonds is 5. The Bertz CT molecular complexity index is 808. The van der Waals surface area contributed by atoms with Gasteiger partial charge in [-0.15, -0.1) is 0 Å². The van der Waals surface area contributed by atoms with Gasteiger partial charge >= 0.3 is 5.97 Å². The smallest absolute Gasteiger partial charge is 0.337 e. The van der Waals surface area contributed by atoms with Crippen molar-refractivity contribution in [2.45, 2.75) is 30.6 Å². The fourth-order valence-corrected chi connectivity index (χ4v) is 3.09. The molecule has 1 aliphatic rings. The number of benzene rings is 2. The van der Waals surface area contributed by atoms with Gasteiger partial charge in [-0.05, 0) is 35.4 Å². The lowest BCUT2D eigenvalue weighted by Crippen LogP contribution is -2.60. The Morgan fingerprint density at radius 2 is 1.75 bits per heavy atom. The summed E-state index contributed by atoms with van der Waals surface area (Å²) in [6.07, 6.45) is -6.18. The first-order chi connectivity index (χ1) is 13.4. The zero-order valence-electron chi connectivity index (χ0n) is 15.2. The standard InChI is InChI=1S/C20H23NO7/c1-27-20(26)13-4-2-3-12(9-13)11-5-7-14(8-6-11)21-19-18(25)17(24)16(23)15(10-22)28-19/h2-9,15-19,21-25H,10H2,1H3/t15-,16-,17+,18+,19+/m1/s1. The molecule has 0 aromatic heterocycles. The SMILES string of the molecule is COC(=O)c1cccc(-c2ccc(N[C@H]3O[C@H](CO)[C@@H](O)[C@H](O)[C@@H]3O)cc2)c1. The zero-order valence-corrected chi connectivity index (χ0v) is 15.2. The first-order valence-corrected chi connectivity index (χ1v) is 8.80. The number of aliphatic hydroxyl groups excluding tert-OH is 4. The molecule has 5 N–H and O–H groups in total. The topological polar surface area (TPSA) is 128 Å². The van der Waals surface area contributed by atoms with Crippen molar-refractivity contribution in [1.29, 1.82) is 0 Å². The van der Waals surface area contributed by atoms with Crippen molar-refractivity contribution >= 4 is 11.7 Å².